The molecule has 0 spiro atoms. The van der Waals surface area contributed by atoms with Crippen LogP contribution in [0.15, 0.2) is 30.5 Å². The van der Waals surface area contributed by atoms with Gasteiger partial charge in [0.15, 0.2) is 0 Å². The molecule has 154 valence electrons. The lowest BCUT2D eigenvalue weighted by atomic mass is 9.91. The number of ether oxygens (including phenoxy) is 2. The fraction of sp³-hybridized carbons (Fsp3) is 0.455. The van der Waals surface area contributed by atoms with Gasteiger partial charge >= 0.3 is 5.97 Å². The van der Waals surface area contributed by atoms with Crippen molar-refractivity contribution in [3.8, 4) is 17.6 Å². The highest BCUT2D eigenvalue weighted by molar-refractivity contribution is 5.94. The molecule has 1 amide bonds. The molecule has 3 rings (SSSR count). The fourth-order valence-electron chi connectivity index (χ4n) is 3.81. The molecule has 2 aliphatic heterocycles. The summed E-state index contributed by atoms with van der Waals surface area (Å²) in [5.74, 6) is 3.72. The summed E-state index contributed by atoms with van der Waals surface area (Å²) in [6.45, 7) is 1.57. The maximum Gasteiger partial charge on any atom is 0.342 e. The van der Waals surface area contributed by atoms with E-state index in [2.05, 4.69) is 17.2 Å². The molecular formula is C22H25NO6. The Morgan fingerprint density at radius 3 is 2.90 bits per heavy atom. The quantitative estimate of drug-likeness (QED) is 0.529. The van der Waals surface area contributed by atoms with Crippen molar-refractivity contribution >= 4 is 11.9 Å². The smallest absolute Gasteiger partial charge is 0.342 e. The highest BCUT2D eigenvalue weighted by Crippen LogP contribution is 2.32. The van der Waals surface area contributed by atoms with Gasteiger partial charge in [-0.15, -0.1) is 0 Å². The molecular weight excluding hydrogens is 374 g/mol. The normalized spacial score (nSPS) is 26.6. The second-order valence-corrected chi connectivity index (χ2v) is 7.27. The number of benzene rings is 1. The molecule has 4 atom stereocenters. The summed E-state index contributed by atoms with van der Waals surface area (Å²) in [6, 6.07) is 4.88. The zero-order valence-electron chi connectivity index (χ0n) is 16.3. The summed E-state index contributed by atoms with van der Waals surface area (Å²) >= 11 is 0. The molecule has 0 aliphatic carbocycles. The Morgan fingerprint density at radius 1 is 1.31 bits per heavy atom. The molecule has 1 aromatic rings. The molecule has 0 saturated carbocycles. The molecule has 1 fully saturated rings. The summed E-state index contributed by atoms with van der Waals surface area (Å²) in [7, 11) is 0. The first kappa shape index (κ1) is 20.9. The lowest BCUT2D eigenvalue weighted by molar-refractivity contribution is -0.115. The molecule has 7 nitrogen and oxygen atoms in total. The number of amides is 1. The van der Waals surface area contributed by atoms with Gasteiger partial charge in [-0.1, -0.05) is 24.1 Å². The van der Waals surface area contributed by atoms with Gasteiger partial charge in [-0.3, -0.25) is 4.79 Å². The van der Waals surface area contributed by atoms with E-state index < -0.39 is 24.1 Å². The molecule has 1 aromatic carbocycles. The summed E-state index contributed by atoms with van der Waals surface area (Å²) in [5.41, 5.74) is 0.768. The highest BCUT2D eigenvalue weighted by atomic mass is 16.5. The average molecular weight is 399 g/mol. The summed E-state index contributed by atoms with van der Waals surface area (Å²) in [5, 5.41) is 23.0. The number of hydrogen-bond acceptors (Lipinski definition) is 6. The van der Waals surface area contributed by atoms with Crippen molar-refractivity contribution in [2.75, 3.05) is 0 Å². The summed E-state index contributed by atoms with van der Waals surface area (Å²) in [4.78, 5) is 24.2. The molecule has 29 heavy (non-hydrogen) atoms. The third-order valence-corrected chi connectivity index (χ3v) is 5.00. The van der Waals surface area contributed by atoms with Crippen LogP contribution in [-0.2, 0) is 20.7 Å². The van der Waals surface area contributed by atoms with Gasteiger partial charge in [0.05, 0.1) is 18.3 Å². The van der Waals surface area contributed by atoms with Crippen molar-refractivity contribution in [2.45, 2.75) is 63.4 Å². The zero-order chi connectivity index (χ0) is 20.8. The number of fused-ring (bicyclic) bond motifs is 3. The van der Waals surface area contributed by atoms with Crippen molar-refractivity contribution in [3.05, 3.63) is 41.6 Å². The van der Waals surface area contributed by atoms with Gasteiger partial charge in [0, 0.05) is 19.0 Å². The Balaban J connectivity index is 1.80. The molecule has 0 radical (unpaired) electrons. The number of carbonyl (C=O) groups is 2. The van der Waals surface area contributed by atoms with Gasteiger partial charge in [-0.25, -0.2) is 4.79 Å². The monoisotopic (exact) mass is 399 g/mol. The van der Waals surface area contributed by atoms with E-state index in [-0.39, 0.29) is 23.5 Å². The Labute approximate surface area is 169 Å². The van der Waals surface area contributed by atoms with Crippen LogP contribution in [0.2, 0.25) is 0 Å². The number of aliphatic hydroxyl groups excluding tert-OH is 1. The van der Waals surface area contributed by atoms with Gasteiger partial charge in [0.25, 0.3) is 5.91 Å². The minimum absolute atomic E-state index is 0.134. The molecule has 2 aliphatic rings. The predicted octanol–water partition coefficient (Wildman–Crippen LogP) is 1.82. The van der Waals surface area contributed by atoms with Crippen molar-refractivity contribution in [3.63, 3.8) is 0 Å². The van der Waals surface area contributed by atoms with Crippen LogP contribution in [-0.4, -0.2) is 46.5 Å². The van der Waals surface area contributed by atoms with E-state index in [9.17, 15) is 19.8 Å². The number of rotatable bonds is 3. The average Bonchev–Trinajstić information content (AvgIpc) is 2.64. The number of phenols is 1. The van der Waals surface area contributed by atoms with Crippen LogP contribution < -0.4 is 5.32 Å². The number of carbonyl (C=O) groups excluding carboxylic acids is 2. The van der Waals surface area contributed by atoms with Crippen LogP contribution in [0.25, 0.3) is 0 Å². The largest absolute Gasteiger partial charge is 0.507 e. The molecule has 0 aromatic heterocycles. The predicted molar refractivity (Wildman–Crippen MR) is 105 cm³/mol. The minimum atomic E-state index is -0.585. The summed E-state index contributed by atoms with van der Waals surface area (Å²) in [6.07, 6.45) is 3.77. The van der Waals surface area contributed by atoms with E-state index in [1.807, 2.05) is 0 Å². The number of phenolic OH excluding ortho intramolecular Hbond substituents is 1. The van der Waals surface area contributed by atoms with E-state index in [0.29, 0.717) is 37.7 Å². The maximum atomic E-state index is 12.8. The zero-order valence-corrected chi connectivity index (χ0v) is 16.3. The topological polar surface area (TPSA) is 105 Å². The molecule has 2 bridgehead atoms. The van der Waals surface area contributed by atoms with E-state index in [0.717, 1.165) is 0 Å². The van der Waals surface area contributed by atoms with Crippen molar-refractivity contribution in [2.24, 2.45) is 0 Å². The number of esters is 1. The van der Waals surface area contributed by atoms with Gasteiger partial charge in [-0.2, -0.15) is 0 Å². The second kappa shape index (κ2) is 9.59. The van der Waals surface area contributed by atoms with Gasteiger partial charge in [0.1, 0.15) is 17.4 Å². The van der Waals surface area contributed by atoms with E-state index in [1.165, 1.54) is 12.3 Å². The molecule has 1 saturated heterocycles. The van der Waals surface area contributed by atoms with Crippen molar-refractivity contribution in [1.82, 2.24) is 5.32 Å². The first-order valence-corrected chi connectivity index (χ1v) is 9.70. The van der Waals surface area contributed by atoms with Gasteiger partial charge in [0.2, 0.25) is 0 Å². The van der Waals surface area contributed by atoms with Gasteiger partial charge < -0.3 is 25.0 Å². The summed E-state index contributed by atoms with van der Waals surface area (Å²) < 4.78 is 11.8. The number of aromatic hydroxyl groups is 1. The Kier molecular flexibility index (Phi) is 6.91. The first-order valence-electron chi connectivity index (χ1n) is 9.70. The Hall–Kier alpha value is -2.82. The van der Waals surface area contributed by atoms with Crippen LogP contribution in [0.4, 0.5) is 0 Å². The van der Waals surface area contributed by atoms with E-state index >= 15 is 0 Å². The third-order valence-electron chi connectivity index (χ3n) is 5.00. The first-order chi connectivity index (χ1) is 14.0. The molecule has 7 heteroatoms. The number of cyclic esters (lactones) is 1. The lowest BCUT2D eigenvalue weighted by Gasteiger charge is -2.36. The Morgan fingerprint density at radius 2 is 2.10 bits per heavy atom. The van der Waals surface area contributed by atoms with Crippen LogP contribution in [0.5, 0.6) is 5.75 Å². The second-order valence-electron chi connectivity index (χ2n) is 7.27. The fourth-order valence-corrected chi connectivity index (χ4v) is 3.81. The molecule has 2 unspecified atom stereocenters. The van der Waals surface area contributed by atoms with E-state index in [1.54, 1.807) is 25.1 Å². The molecule has 3 N–H and O–H groups in total. The van der Waals surface area contributed by atoms with Crippen LogP contribution >= 0.6 is 0 Å². The van der Waals surface area contributed by atoms with Crippen LogP contribution in [0.3, 0.4) is 0 Å². The van der Waals surface area contributed by atoms with Crippen LogP contribution in [0.1, 0.15) is 48.5 Å². The minimum Gasteiger partial charge on any atom is -0.507 e. The van der Waals surface area contributed by atoms with Crippen LogP contribution in [0, 0.1) is 11.8 Å². The van der Waals surface area contributed by atoms with Gasteiger partial charge in [-0.05, 0) is 43.7 Å². The Bertz CT molecular complexity index is 853. The van der Waals surface area contributed by atoms with Crippen molar-refractivity contribution in [1.29, 1.82) is 0 Å². The van der Waals surface area contributed by atoms with Crippen molar-refractivity contribution < 1.29 is 29.3 Å². The third kappa shape index (κ3) is 5.59. The van der Waals surface area contributed by atoms with E-state index in [4.69, 9.17) is 9.47 Å². The maximum absolute atomic E-state index is 12.8. The number of aliphatic hydroxyl groups is 1. The molecule has 2 heterocycles. The highest BCUT2D eigenvalue weighted by Gasteiger charge is 2.34. The SMILES string of the molecule is CC#CC(=O)N/C=C/CC1C[C@H]2C[C@@H](O)CC(Cc3cccc(O)c3C(=O)O1)O2. The number of hydrogen-bond donors (Lipinski definition) is 3. The standard InChI is InChI=1S/C22H25NO6/c1-2-5-20(26)23-9-4-7-16-13-18-12-15(24)11-17(28-18)10-14-6-3-8-19(25)21(14)22(27)29-16/h3-4,6,8-9,15-18,24-25H,7,10-13H2,1H3,(H,23,26)/b9-4+/t15-,16?,17?,18+/m0/s1. The lowest BCUT2D eigenvalue weighted by Crippen LogP contribution is -2.40. The number of nitrogens with one attached hydrogen (secondary N) is 1.